The molecular weight excluding hydrogens is 642 g/mol. The summed E-state index contributed by atoms with van der Waals surface area (Å²) in [6.07, 6.45) is -0.407. The van der Waals surface area contributed by atoms with Crippen molar-refractivity contribution in [2.45, 2.75) is 31.2 Å². The minimum absolute atomic E-state index is 0.134. The largest absolute Gasteiger partial charge is 0.497 e. The fourth-order valence-corrected chi connectivity index (χ4v) is 6.41. The smallest absolute Gasteiger partial charge is 0.355 e. The van der Waals surface area contributed by atoms with E-state index in [4.69, 9.17) is 30.6 Å². The van der Waals surface area contributed by atoms with Crippen molar-refractivity contribution in [3.8, 4) is 5.75 Å². The molecule has 4 rings (SSSR count). The number of ether oxygens (including phenoxy) is 3. The van der Waals surface area contributed by atoms with E-state index in [9.17, 15) is 28.2 Å². The second-order valence-electron chi connectivity index (χ2n) is 9.10. The molecule has 3 amide bonds. The number of β-lactam (4-membered cyclic amide) rings is 1. The molecule has 0 bridgehead atoms. The molecule has 44 heavy (non-hydrogen) atoms. The van der Waals surface area contributed by atoms with Crippen molar-refractivity contribution in [1.29, 1.82) is 0 Å². The fourth-order valence-electron chi connectivity index (χ4n) is 4.10. The lowest BCUT2D eigenvalue weighted by molar-refractivity contribution is -0.153. The van der Waals surface area contributed by atoms with Crippen LogP contribution in [0.4, 0.5) is 0 Å². The van der Waals surface area contributed by atoms with Crippen LogP contribution in [0.1, 0.15) is 24.4 Å². The maximum absolute atomic E-state index is 13.2. The number of hydrogen-bond acceptors (Lipinski definition) is 13. The molecule has 1 saturated heterocycles. The van der Waals surface area contributed by atoms with Crippen LogP contribution in [0, 0.1) is 0 Å². The Morgan fingerprint density at radius 3 is 2.61 bits per heavy atom. The van der Waals surface area contributed by atoms with Gasteiger partial charge >= 0.3 is 11.9 Å². The third-order valence-electron chi connectivity index (χ3n) is 6.14. The first-order valence-electron chi connectivity index (χ1n) is 12.7. The Labute approximate surface area is 261 Å². The number of benzene rings is 1. The molecule has 0 saturated carbocycles. The van der Waals surface area contributed by atoms with Crippen molar-refractivity contribution in [3.05, 3.63) is 57.7 Å². The SMILES string of the molecule is COc1ccc(COC(=O)C2=C(COC(C)=O)CS(=O)[C@H]3[C@H](NC(=O)C=NOC(NC(=O)CCl)c4cscn4)C(=O)N23)cc1. The van der Waals surface area contributed by atoms with Gasteiger partial charge in [-0.15, -0.1) is 22.9 Å². The van der Waals surface area contributed by atoms with Gasteiger partial charge in [0.15, 0.2) is 0 Å². The van der Waals surface area contributed by atoms with Crippen LogP contribution in [0.2, 0.25) is 0 Å². The summed E-state index contributed by atoms with van der Waals surface area (Å²) in [5.74, 6) is -3.67. The minimum atomic E-state index is -1.79. The van der Waals surface area contributed by atoms with Crippen LogP contribution in [0.15, 0.2) is 51.6 Å². The van der Waals surface area contributed by atoms with Crippen LogP contribution < -0.4 is 15.4 Å². The van der Waals surface area contributed by atoms with Gasteiger partial charge in [-0.25, -0.2) is 9.78 Å². The van der Waals surface area contributed by atoms with Crippen molar-refractivity contribution >= 4 is 69.6 Å². The van der Waals surface area contributed by atoms with Crippen LogP contribution >= 0.6 is 22.9 Å². The fraction of sp³-hybridized carbons (Fsp3) is 0.346. The zero-order valence-electron chi connectivity index (χ0n) is 23.2. The molecule has 234 valence electrons. The van der Waals surface area contributed by atoms with Crippen molar-refractivity contribution in [2.75, 3.05) is 25.3 Å². The van der Waals surface area contributed by atoms with Gasteiger partial charge in [0, 0.05) is 17.9 Å². The number of halogens is 1. The number of hydrogen-bond donors (Lipinski definition) is 2. The monoisotopic (exact) mass is 667 g/mol. The quantitative estimate of drug-likeness (QED) is 0.0754. The predicted octanol–water partition coefficient (Wildman–Crippen LogP) is 0.484. The zero-order chi connectivity index (χ0) is 31.8. The first-order valence-corrected chi connectivity index (χ1v) is 15.6. The van der Waals surface area contributed by atoms with E-state index in [1.54, 1.807) is 29.6 Å². The summed E-state index contributed by atoms with van der Waals surface area (Å²) in [6, 6.07) is 5.49. The Morgan fingerprint density at radius 2 is 1.98 bits per heavy atom. The average molecular weight is 668 g/mol. The molecule has 18 heteroatoms. The van der Waals surface area contributed by atoms with Crippen molar-refractivity contribution in [2.24, 2.45) is 5.16 Å². The second-order valence-corrected chi connectivity index (χ2v) is 11.6. The Balaban J connectivity index is 1.44. The second kappa shape index (κ2) is 14.9. The number of methoxy groups -OCH3 is 1. The Bertz CT molecular complexity index is 1500. The summed E-state index contributed by atoms with van der Waals surface area (Å²) in [7, 11) is -0.271. The van der Waals surface area contributed by atoms with E-state index in [0.717, 1.165) is 11.1 Å². The summed E-state index contributed by atoms with van der Waals surface area (Å²) >= 11 is 6.76. The van der Waals surface area contributed by atoms with Gasteiger partial charge in [0.1, 0.15) is 53.9 Å². The van der Waals surface area contributed by atoms with Crippen LogP contribution in [-0.2, 0) is 55.7 Å². The molecule has 3 heterocycles. The van der Waals surface area contributed by atoms with Crippen molar-refractivity contribution in [3.63, 3.8) is 0 Å². The molecular formula is C26H26ClN5O10S2. The predicted molar refractivity (Wildman–Crippen MR) is 155 cm³/mol. The van der Waals surface area contributed by atoms with Crippen molar-refractivity contribution in [1.82, 2.24) is 20.5 Å². The highest BCUT2D eigenvalue weighted by molar-refractivity contribution is 7.86. The molecule has 2 aromatic rings. The average Bonchev–Trinajstić information content (AvgIpc) is 3.56. The van der Waals surface area contributed by atoms with Gasteiger partial charge in [-0.2, -0.15) is 0 Å². The number of fused-ring (bicyclic) bond motifs is 1. The number of alkyl halides is 1. The van der Waals surface area contributed by atoms with E-state index >= 15 is 0 Å². The van der Waals surface area contributed by atoms with Gasteiger partial charge in [0.05, 0.1) is 29.2 Å². The van der Waals surface area contributed by atoms with E-state index in [1.165, 1.54) is 30.9 Å². The topological polar surface area (TPSA) is 192 Å². The lowest BCUT2D eigenvalue weighted by Crippen LogP contribution is -2.73. The molecule has 2 N–H and O–H groups in total. The lowest BCUT2D eigenvalue weighted by Gasteiger charge is -2.49. The molecule has 1 fully saturated rings. The van der Waals surface area contributed by atoms with E-state index in [1.807, 2.05) is 0 Å². The van der Waals surface area contributed by atoms with Crippen LogP contribution in [0.3, 0.4) is 0 Å². The van der Waals surface area contributed by atoms with Crippen LogP contribution in [0.25, 0.3) is 0 Å². The number of nitrogens with zero attached hydrogens (tertiary/aromatic N) is 3. The molecule has 0 radical (unpaired) electrons. The lowest BCUT2D eigenvalue weighted by atomic mass is 10.0. The maximum Gasteiger partial charge on any atom is 0.355 e. The summed E-state index contributed by atoms with van der Waals surface area (Å²) in [6.45, 7) is 0.639. The van der Waals surface area contributed by atoms with Gasteiger partial charge in [0.25, 0.3) is 11.8 Å². The molecule has 2 unspecified atom stereocenters. The summed E-state index contributed by atoms with van der Waals surface area (Å²) in [4.78, 5) is 72.3. The standard InChI is InChI=1S/C26H26ClN5O10S2/c1-14(33)40-10-16-12-44(38)25-21(30-20(35)8-29-42-23(31-19(34)7-27)18-11-43-13-28-18)24(36)32(25)22(16)26(37)41-9-15-3-5-17(39-2)6-4-15/h3-6,8,11,13,21,23,25H,7,9-10,12H2,1-2H3,(H,30,35)(H,31,34)/t21-,23?,25+,44?/m1/s1. The van der Waals surface area contributed by atoms with Gasteiger partial charge in [-0.3, -0.25) is 28.3 Å². The minimum Gasteiger partial charge on any atom is -0.497 e. The number of rotatable bonds is 13. The number of thiazole rings is 1. The number of esters is 2. The molecule has 2 aliphatic heterocycles. The third-order valence-corrected chi connectivity index (χ3v) is 8.65. The molecule has 15 nitrogen and oxygen atoms in total. The maximum atomic E-state index is 13.2. The normalized spacial score (nSPS) is 19.8. The van der Waals surface area contributed by atoms with Gasteiger partial charge in [-0.05, 0) is 17.7 Å². The van der Waals surface area contributed by atoms with Crippen LogP contribution in [0.5, 0.6) is 5.75 Å². The molecule has 0 aliphatic carbocycles. The first-order chi connectivity index (χ1) is 21.1. The highest BCUT2D eigenvalue weighted by Crippen LogP contribution is 2.35. The highest BCUT2D eigenvalue weighted by atomic mass is 35.5. The Kier molecular flexibility index (Phi) is 11.0. The molecule has 0 spiro atoms. The number of carbonyl (C=O) groups is 5. The van der Waals surface area contributed by atoms with Gasteiger partial charge in [0.2, 0.25) is 12.1 Å². The van der Waals surface area contributed by atoms with E-state index in [0.29, 0.717) is 17.0 Å². The third kappa shape index (κ3) is 7.78. The first kappa shape index (κ1) is 32.6. The Morgan fingerprint density at radius 1 is 1.23 bits per heavy atom. The highest BCUT2D eigenvalue weighted by Gasteiger charge is 2.57. The van der Waals surface area contributed by atoms with Gasteiger partial charge in [-0.1, -0.05) is 17.3 Å². The summed E-state index contributed by atoms with van der Waals surface area (Å²) in [5, 5.41) is 8.90. The van der Waals surface area contributed by atoms with E-state index in [-0.39, 0.29) is 36.1 Å². The number of oxime groups is 1. The number of aromatic nitrogens is 1. The summed E-state index contributed by atoms with van der Waals surface area (Å²) in [5.41, 5.74) is 2.38. The molecule has 4 atom stereocenters. The van der Waals surface area contributed by atoms with E-state index < -0.39 is 58.1 Å². The van der Waals surface area contributed by atoms with Crippen molar-refractivity contribution < 1.29 is 47.2 Å². The number of carbonyl (C=O) groups excluding carboxylic acids is 5. The molecule has 1 aromatic heterocycles. The number of nitrogens with one attached hydrogen (secondary N) is 2. The Hall–Kier alpha value is -4.35. The molecule has 2 aliphatic rings. The van der Waals surface area contributed by atoms with Gasteiger partial charge < -0.3 is 29.7 Å². The zero-order valence-corrected chi connectivity index (χ0v) is 25.6. The van der Waals surface area contributed by atoms with Crippen LogP contribution in [-0.4, -0.2) is 86.7 Å². The summed E-state index contributed by atoms with van der Waals surface area (Å²) < 4.78 is 28.7. The van der Waals surface area contributed by atoms with E-state index in [2.05, 4.69) is 20.8 Å². The number of amides is 3. The molecule has 1 aromatic carbocycles.